The molecule has 0 fully saturated rings. The normalized spacial score (nSPS) is 16.3. The van der Waals surface area contributed by atoms with Gasteiger partial charge in [0.05, 0.1) is 0 Å². The lowest BCUT2D eigenvalue weighted by molar-refractivity contribution is -0.141. The first-order valence-corrected chi connectivity index (χ1v) is 4.12. The fourth-order valence-corrected chi connectivity index (χ4v) is 1.11. The van der Waals surface area contributed by atoms with Crippen molar-refractivity contribution in [3.8, 4) is 0 Å². The third-order valence-electron chi connectivity index (χ3n) is 1.90. The van der Waals surface area contributed by atoms with E-state index in [1.807, 2.05) is 0 Å². The molecule has 0 spiro atoms. The van der Waals surface area contributed by atoms with Crippen molar-refractivity contribution in [1.82, 2.24) is 10.3 Å². The number of nitrogens with one attached hydrogen (secondary N) is 1. The fraction of sp³-hybridized carbons (Fsp3) is 0.500. The van der Waals surface area contributed by atoms with E-state index in [4.69, 9.17) is 5.84 Å². The predicted molar refractivity (Wildman–Crippen MR) is 47.3 cm³/mol. The number of imide groups is 1. The molecule has 3 N–H and O–H groups in total. The van der Waals surface area contributed by atoms with E-state index in [0.29, 0.717) is 23.5 Å². The van der Waals surface area contributed by atoms with Crippen LogP contribution in [-0.4, -0.2) is 29.9 Å². The Balaban J connectivity index is 2.66. The first kappa shape index (κ1) is 9.88. The Morgan fingerprint density at radius 2 is 2.31 bits per heavy atom. The van der Waals surface area contributed by atoms with Gasteiger partial charge in [-0.15, -0.1) is 0 Å². The van der Waals surface area contributed by atoms with E-state index < -0.39 is 11.8 Å². The van der Waals surface area contributed by atoms with Crippen LogP contribution in [0.5, 0.6) is 0 Å². The van der Waals surface area contributed by atoms with E-state index >= 15 is 0 Å². The Bertz CT molecular complexity index is 260. The van der Waals surface area contributed by atoms with Gasteiger partial charge in [0.25, 0.3) is 5.91 Å². The van der Waals surface area contributed by atoms with Crippen molar-refractivity contribution in [2.24, 2.45) is 5.84 Å². The Kier molecular flexibility index (Phi) is 3.16. The number of carbonyl (C=O) groups excluding carboxylic acids is 2. The average molecular weight is 183 g/mol. The van der Waals surface area contributed by atoms with Crippen LogP contribution >= 0.6 is 0 Å². The first-order valence-electron chi connectivity index (χ1n) is 4.12. The third-order valence-corrected chi connectivity index (χ3v) is 1.90. The molecule has 0 aromatic heterocycles. The summed E-state index contributed by atoms with van der Waals surface area (Å²) in [4.78, 5) is 22.2. The van der Waals surface area contributed by atoms with Gasteiger partial charge in [-0.2, -0.15) is 0 Å². The molecule has 0 unspecified atom stereocenters. The number of nitrogens with two attached hydrogens (primary N) is 1. The predicted octanol–water partition coefficient (Wildman–Crippen LogP) is -0.845. The SMILES string of the molecule is CC(=O)N(N)C(=O)C1=CCNCC1. The van der Waals surface area contributed by atoms with E-state index in [9.17, 15) is 9.59 Å². The summed E-state index contributed by atoms with van der Waals surface area (Å²) in [5, 5.41) is 3.71. The summed E-state index contributed by atoms with van der Waals surface area (Å²) in [6, 6.07) is 0. The van der Waals surface area contributed by atoms with Crippen LogP contribution in [0.4, 0.5) is 0 Å². The number of rotatable bonds is 1. The molecule has 0 saturated carbocycles. The van der Waals surface area contributed by atoms with Gasteiger partial charge in [0, 0.05) is 19.0 Å². The van der Waals surface area contributed by atoms with Gasteiger partial charge in [-0.25, -0.2) is 10.9 Å². The quantitative estimate of drug-likeness (QED) is 0.315. The Morgan fingerprint density at radius 3 is 2.77 bits per heavy atom. The number of amides is 2. The van der Waals surface area contributed by atoms with Crippen molar-refractivity contribution in [1.29, 1.82) is 0 Å². The summed E-state index contributed by atoms with van der Waals surface area (Å²) < 4.78 is 0. The molecule has 0 atom stereocenters. The summed E-state index contributed by atoms with van der Waals surface area (Å²) in [5.74, 6) is 4.43. The largest absolute Gasteiger partial charge is 0.313 e. The Hall–Kier alpha value is -1.20. The maximum absolute atomic E-state index is 11.4. The second-order valence-electron chi connectivity index (χ2n) is 2.88. The second-order valence-corrected chi connectivity index (χ2v) is 2.88. The number of hydrogen-bond acceptors (Lipinski definition) is 4. The fourth-order valence-electron chi connectivity index (χ4n) is 1.11. The van der Waals surface area contributed by atoms with Crippen LogP contribution in [-0.2, 0) is 9.59 Å². The molecule has 1 aliphatic heterocycles. The van der Waals surface area contributed by atoms with Crippen molar-refractivity contribution >= 4 is 11.8 Å². The number of hydrazine groups is 1. The van der Waals surface area contributed by atoms with Gasteiger partial charge in [-0.1, -0.05) is 6.08 Å². The molecule has 1 heterocycles. The lowest BCUT2D eigenvalue weighted by Gasteiger charge is -2.17. The van der Waals surface area contributed by atoms with Gasteiger partial charge in [0.15, 0.2) is 0 Å². The van der Waals surface area contributed by atoms with Crippen molar-refractivity contribution in [3.63, 3.8) is 0 Å². The number of hydrogen-bond donors (Lipinski definition) is 2. The van der Waals surface area contributed by atoms with Crippen LogP contribution in [0.3, 0.4) is 0 Å². The molecule has 0 aromatic carbocycles. The highest BCUT2D eigenvalue weighted by Gasteiger charge is 2.19. The standard InChI is InChI=1S/C8H13N3O2/c1-6(12)11(9)8(13)7-2-4-10-5-3-7/h2,10H,3-5,9H2,1H3. The molecule has 0 aliphatic carbocycles. The van der Waals surface area contributed by atoms with Crippen molar-refractivity contribution in [3.05, 3.63) is 11.6 Å². The molecule has 13 heavy (non-hydrogen) atoms. The van der Waals surface area contributed by atoms with Crippen molar-refractivity contribution in [2.45, 2.75) is 13.3 Å². The van der Waals surface area contributed by atoms with Crippen LogP contribution in [0, 0.1) is 0 Å². The topological polar surface area (TPSA) is 75.4 Å². The van der Waals surface area contributed by atoms with Gasteiger partial charge in [0.1, 0.15) is 0 Å². The van der Waals surface area contributed by atoms with Gasteiger partial charge in [0.2, 0.25) is 5.91 Å². The van der Waals surface area contributed by atoms with Gasteiger partial charge < -0.3 is 5.32 Å². The molecule has 72 valence electrons. The van der Waals surface area contributed by atoms with Crippen molar-refractivity contribution < 1.29 is 9.59 Å². The molecule has 0 saturated heterocycles. The maximum Gasteiger partial charge on any atom is 0.270 e. The molecular weight excluding hydrogens is 170 g/mol. The summed E-state index contributed by atoms with van der Waals surface area (Å²) >= 11 is 0. The smallest absolute Gasteiger partial charge is 0.270 e. The summed E-state index contributed by atoms with van der Waals surface area (Å²) in [6.45, 7) is 2.68. The number of carbonyl (C=O) groups is 2. The highest BCUT2D eigenvalue weighted by molar-refractivity contribution is 6.03. The molecular formula is C8H13N3O2. The van der Waals surface area contributed by atoms with Gasteiger partial charge >= 0.3 is 0 Å². The minimum absolute atomic E-state index is 0.394. The molecule has 5 heteroatoms. The van der Waals surface area contributed by atoms with Gasteiger partial charge in [-0.3, -0.25) is 9.59 Å². The van der Waals surface area contributed by atoms with E-state index in [-0.39, 0.29) is 0 Å². The highest BCUT2D eigenvalue weighted by atomic mass is 16.2. The second kappa shape index (κ2) is 4.15. The first-order chi connectivity index (χ1) is 6.13. The van der Waals surface area contributed by atoms with Crippen LogP contribution in [0.15, 0.2) is 11.6 Å². The zero-order chi connectivity index (χ0) is 9.84. The third kappa shape index (κ3) is 2.37. The van der Waals surface area contributed by atoms with Crippen LogP contribution in [0.1, 0.15) is 13.3 Å². The minimum Gasteiger partial charge on any atom is -0.313 e. The van der Waals surface area contributed by atoms with Crippen molar-refractivity contribution in [2.75, 3.05) is 13.1 Å². The molecule has 2 amide bonds. The Morgan fingerprint density at radius 1 is 1.62 bits per heavy atom. The highest BCUT2D eigenvalue weighted by Crippen LogP contribution is 2.06. The van der Waals surface area contributed by atoms with E-state index in [0.717, 1.165) is 6.54 Å². The van der Waals surface area contributed by atoms with Crippen LogP contribution in [0.25, 0.3) is 0 Å². The molecule has 1 aliphatic rings. The minimum atomic E-state index is -0.440. The average Bonchev–Trinajstić information content (AvgIpc) is 2.17. The van der Waals surface area contributed by atoms with E-state index in [1.54, 1.807) is 6.08 Å². The molecule has 1 rings (SSSR count). The van der Waals surface area contributed by atoms with E-state index in [2.05, 4.69) is 5.32 Å². The summed E-state index contributed by atoms with van der Waals surface area (Å²) in [7, 11) is 0. The van der Waals surface area contributed by atoms with Crippen LogP contribution < -0.4 is 11.2 Å². The Labute approximate surface area is 76.5 Å². The lowest BCUT2D eigenvalue weighted by Crippen LogP contribution is -2.43. The molecule has 0 radical (unpaired) electrons. The zero-order valence-corrected chi connectivity index (χ0v) is 7.54. The maximum atomic E-state index is 11.4. The van der Waals surface area contributed by atoms with Gasteiger partial charge in [-0.05, 0) is 13.0 Å². The zero-order valence-electron chi connectivity index (χ0n) is 7.54. The molecule has 0 aromatic rings. The van der Waals surface area contributed by atoms with E-state index in [1.165, 1.54) is 6.92 Å². The summed E-state index contributed by atoms with van der Waals surface area (Å²) in [5.41, 5.74) is 0.608. The molecule has 5 nitrogen and oxygen atoms in total. The molecule has 0 bridgehead atoms. The number of nitrogens with zero attached hydrogens (tertiary/aromatic N) is 1. The monoisotopic (exact) mass is 183 g/mol. The summed E-state index contributed by atoms with van der Waals surface area (Å²) in [6.07, 6.45) is 2.38. The lowest BCUT2D eigenvalue weighted by atomic mass is 10.1. The van der Waals surface area contributed by atoms with Crippen LogP contribution in [0.2, 0.25) is 0 Å².